The fourth-order valence-corrected chi connectivity index (χ4v) is 9.80. The van der Waals surface area contributed by atoms with Crippen LogP contribution in [0.2, 0.25) is 0 Å². The molecule has 0 aromatic carbocycles. The number of allylic oxidation sites excluding steroid dienone is 2. The minimum Gasteiger partial charge on any atom is -0.466 e. The van der Waals surface area contributed by atoms with Gasteiger partial charge in [-0.25, -0.2) is 0 Å². The van der Waals surface area contributed by atoms with Gasteiger partial charge in [0, 0.05) is 12.8 Å². The summed E-state index contributed by atoms with van der Waals surface area (Å²) in [5.41, 5.74) is 0. The third-order valence-electron chi connectivity index (χ3n) is 14.6. The Morgan fingerprint density at radius 2 is 0.706 bits per heavy atom. The summed E-state index contributed by atoms with van der Waals surface area (Å²) < 4.78 is 5.46. The average Bonchev–Trinajstić information content (AvgIpc) is 3.34. The highest BCUT2D eigenvalue weighted by atomic mass is 16.5. The highest BCUT2D eigenvalue weighted by Crippen LogP contribution is 2.18. The van der Waals surface area contributed by atoms with Crippen molar-refractivity contribution in [3.05, 3.63) is 12.2 Å². The monoisotopic (exact) mass is 960 g/mol. The molecule has 3 N–H and O–H groups in total. The van der Waals surface area contributed by atoms with Gasteiger partial charge in [0.05, 0.1) is 25.4 Å². The van der Waals surface area contributed by atoms with E-state index in [0.717, 1.165) is 44.9 Å². The van der Waals surface area contributed by atoms with Crippen LogP contribution in [0.25, 0.3) is 0 Å². The molecule has 2 atom stereocenters. The molecule has 0 saturated carbocycles. The molecule has 1 amide bonds. The molecule has 0 rings (SSSR count). The number of aliphatic hydroxyl groups excluding tert-OH is 2. The van der Waals surface area contributed by atoms with Gasteiger partial charge in [-0.05, 0) is 44.9 Å². The Labute approximate surface area is 425 Å². The first-order chi connectivity index (χ1) is 33.5. The number of ether oxygens (including phenoxy) is 1. The summed E-state index contributed by atoms with van der Waals surface area (Å²) >= 11 is 0. The summed E-state index contributed by atoms with van der Waals surface area (Å²) in [5, 5.41) is 23.2. The summed E-state index contributed by atoms with van der Waals surface area (Å²) in [7, 11) is 0. The Kier molecular flexibility index (Phi) is 57.0. The van der Waals surface area contributed by atoms with Crippen LogP contribution in [0, 0.1) is 0 Å². The van der Waals surface area contributed by atoms with E-state index in [1.807, 2.05) is 0 Å². The van der Waals surface area contributed by atoms with Crippen molar-refractivity contribution in [3.8, 4) is 0 Å². The van der Waals surface area contributed by atoms with E-state index in [9.17, 15) is 19.8 Å². The summed E-state index contributed by atoms with van der Waals surface area (Å²) in [5.74, 6) is -0.0220. The first-order valence-corrected chi connectivity index (χ1v) is 30.9. The number of amides is 1. The van der Waals surface area contributed by atoms with E-state index in [4.69, 9.17) is 4.74 Å². The number of unbranched alkanes of at least 4 members (excludes halogenated alkanes) is 45. The molecule has 68 heavy (non-hydrogen) atoms. The zero-order chi connectivity index (χ0) is 49.3. The van der Waals surface area contributed by atoms with Gasteiger partial charge in [0.2, 0.25) is 5.91 Å². The third-order valence-corrected chi connectivity index (χ3v) is 14.6. The zero-order valence-corrected chi connectivity index (χ0v) is 46.1. The lowest BCUT2D eigenvalue weighted by Crippen LogP contribution is -2.45. The lowest BCUT2D eigenvalue weighted by molar-refractivity contribution is -0.143. The van der Waals surface area contributed by atoms with Crippen LogP contribution in [0.4, 0.5) is 0 Å². The van der Waals surface area contributed by atoms with Crippen LogP contribution in [0.3, 0.4) is 0 Å². The van der Waals surface area contributed by atoms with Gasteiger partial charge in [0.15, 0.2) is 0 Å². The maximum absolute atomic E-state index is 12.4. The van der Waals surface area contributed by atoms with Crippen molar-refractivity contribution in [3.63, 3.8) is 0 Å². The molecule has 0 bridgehead atoms. The lowest BCUT2D eigenvalue weighted by Gasteiger charge is -2.22. The molecule has 0 aromatic heterocycles. The second-order valence-corrected chi connectivity index (χ2v) is 21.4. The Bertz CT molecular complexity index is 1020. The maximum Gasteiger partial charge on any atom is 0.305 e. The molecule has 0 radical (unpaired) electrons. The Balaban J connectivity index is 3.30. The van der Waals surface area contributed by atoms with Crippen LogP contribution in [-0.2, 0) is 14.3 Å². The van der Waals surface area contributed by atoms with Gasteiger partial charge in [-0.2, -0.15) is 0 Å². The van der Waals surface area contributed by atoms with E-state index in [-0.39, 0.29) is 18.5 Å². The molecule has 0 aliphatic rings. The molecular weight excluding hydrogens is 839 g/mol. The predicted octanol–water partition coefficient (Wildman–Crippen LogP) is 19.2. The number of nitrogens with one attached hydrogen (secondary N) is 1. The minimum absolute atomic E-state index is 0.00923. The van der Waals surface area contributed by atoms with Gasteiger partial charge in [-0.15, -0.1) is 0 Å². The number of carbonyl (C=O) groups excluding carboxylic acids is 2. The topological polar surface area (TPSA) is 95.9 Å². The molecule has 0 aromatic rings. The van der Waals surface area contributed by atoms with E-state index in [1.54, 1.807) is 0 Å². The van der Waals surface area contributed by atoms with Crippen molar-refractivity contribution in [2.45, 2.75) is 360 Å². The molecule has 2 unspecified atom stereocenters. The predicted molar refractivity (Wildman–Crippen MR) is 297 cm³/mol. The Hall–Kier alpha value is -1.40. The highest BCUT2D eigenvalue weighted by Gasteiger charge is 2.20. The van der Waals surface area contributed by atoms with Crippen molar-refractivity contribution in [1.82, 2.24) is 5.32 Å². The van der Waals surface area contributed by atoms with Crippen molar-refractivity contribution in [2.75, 3.05) is 13.2 Å². The summed E-state index contributed by atoms with van der Waals surface area (Å²) in [6.45, 7) is 4.92. The van der Waals surface area contributed by atoms with E-state index in [0.29, 0.717) is 25.9 Å². The van der Waals surface area contributed by atoms with Gasteiger partial charge in [0.25, 0.3) is 0 Å². The molecule has 0 spiro atoms. The van der Waals surface area contributed by atoms with Gasteiger partial charge in [-0.1, -0.05) is 302 Å². The van der Waals surface area contributed by atoms with E-state index in [1.165, 1.54) is 270 Å². The fraction of sp³-hybridized carbons (Fsp3) is 0.935. The molecule has 0 aliphatic heterocycles. The highest BCUT2D eigenvalue weighted by molar-refractivity contribution is 5.76. The van der Waals surface area contributed by atoms with Crippen molar-refractivity contribution in [1.29, 1.82) is 0 Å². The first-order valence-electron chi connectivity index (χ1n) is 30.9. The van der Waals surface area contributed by atoms with Crippen LogP contribution < -0.4 is 5.32 Å². The number of esters is 1. The van der Waals surface area contributed by atoms with E-state index in [2.05, 4.69) is 31.3 Å². The normalized spacial score (nSPS) is 12.6. The molecule has 6 heteroatoms. The van der Waals surface area contributed by atoms with Crippen LogP contribution in [-0.4, -0.2) is 47.4 Å². The third kappa shape index (κ3) is 53.9. The second kappa shape index (κ2) is 58.2. The minimum atomic E-state index is -0.658. The molecule has 6 nitrogen and oxygen atoms in total. The quantitative estimate of drug-likeness (QED) is 0.0321. The molecular formula is C62H121NO5. The lowest BCUT2D eigenvalue weighted by atomic mass is 10.0. The number of hydrogen-bond acceptors (Lipinski definition) is 5. The Morgan fingerprint density at radius 1 is 0.397 bits per heavy atom. The van der Waals surface area contributed by atoms with Gasteiger partial charge >= 0.3 is 5.97 Å². The number of aliphatic hydroxyl groups is 2. The van der Waals surface area contributed by atoms with Crippen LogP contribution in [0.5, 0.6) is 0 Å². The standard InChI is InChI=1S/C62H121NO5/c1-3-5-7-9-11-13-35-40-44-48-52-56-62(67)68-57-53-49-45-41-37-34-32-30-28-26-24-22-20-18-16-15-17-19-21-23-25-27-29-31-33-36-39-43-47-51-55-61(66)63-59(58-64)60(65)54-50-46-42-38-14-12-10-8-6-4-2/h9,11,59-60,64-65H,3-8,10,12-58H2,1-2H3,(H,63,66)/b11-9-. The summed E-state index contributed by atoms with van der Waals surface area (Å²) in [6.07, 6.45) is 69.6. The van der Waals surface area contributed by atoms with Crippen molar-refractivity contribution in [2.24, 2.45) is 0 Å². The summed E-state index contributed by atoms with van der Waals surface area (Å²) in [4.78, 5) is 24.4. The Morgan fingerprint density at radius 3 is 1.09 bits per heavy atom. The van der Waals surface area contributed by atoms with Crippen molar-refractivity contribution >= 4 is 11.9 Å². The zero-order valence-electron chi connectivity index (χ0n) is 46.1. The van der Waals surface area contributed by atoms with Gasteiger partial charge in [0.1, 0.15) is 0 Å². The van der Waals surface area contributed by atoms with Crippen LogP contribution in [0.15, 0.2) is 12.2 Å². The number of rotatable bonds is 58. The largest absolute Gasteiger partial charge is 0.466 e. The SMILES string of the molecule is CCCC/C=C\CCCCCCCC(=O)OCCCCCCCCCCCCCCCCCCCCCCCCCCCCCCCCC(=O)NC(CO)C(O)CCCCCCCCCCCC. The van der Waals surface area contributed by atoms with Crippen molar-refractivity contribution < 1.29 is 24.5 Å². The first kappa shape index (κ1) is 66.6. The van der Waals surface area contributed by atoms with Crippen LogP contribution in [0.1, 0.15) is 348 Å². The fourth-order valence-electron chi connectivity index (χ4n) is 9.80. The summed E-state index contributed by atoms with van der Waals surface area (Å²) in [6, 6.07) is -0.535. The van der Waals surface area contributed by atoms with Gasteiger partial charge in [-0.3, -0.25) is 9.59 Å². The van der Waals surface area contributed by atoms with Gasteiger partial charge < -0.3 is 20.3 Å². The molecule has 404 valence electrons. The smallest absolute Gasteiger partial charge is 0.305 e. The number of carbonyl (C=O) groups is 2. The van der Waals surface area contributed by atoms with Crippen LogP contribution >= 0.6 is 0 Å². The molecule has 0 saturated heterocycles. The molecule has 0 heterocycles. The average molecular weight is 961 g/mol. The molecule has 0 aliphatic carbocycles. The molecule has 0 fully saturated rings. The van der Waals surface area contributed by atoms with E-state index >= 15 is 0 Å². The maximum atomic E-state index is 12.4. The number of hydrogen-bond donors (Lipinski definition) is 3. The second-order valence-electron chi connectivity index (χ2n) is 21.4. The van der Waals surface area contributed by atoms with E-state index < -0.39 is 12.1 Å².